The van der Waals surface area contributed by atoms with Crippen molar-refractivity contribution in [1.82, 2.24) is 9.97 Å². The number of methoxy groups -OCH3 is 1. The number of hydrogen-bond donors (Lipinski definition) is 2. The van der Waals surface area contributed by atoms with Gasteiger partial charge in [-0.05, 0) is 31.2 Å². The molecule has 0 amide bonds. The number of aryl methyl sites for hydroxylation is 1. The summed E-state index contributed by atoms with van der Waals surface area (Å²) in [6.45, 7) is 6.22. The Hall–Kier alpha value is -2.56. The molecule has 0 spiro atoms. The number of aromatic nitrogens is 2. The van der Waals surface area contributed by atoms with Crippen LogP contribution in [0.2, 0.25) is 0 Å². The molecule has 0 aliphatic rings. The van der Waals surface area contributed by atoms with Gasteiger partial charge in [-0.3, -0.25) is 0 Å². The van der Waals surface area contributed by atoms with E-state index in [-0.39, 0.29) is 0 Å². The molecule has 0 saturated carbocycles. The average molecular weight is 270 g/mol. The second kappa shape index (κ2) is 6.56. The summed E-state index contributed by atoms with van der Waals surface area (Å²) in [6.07, 6.45) is 1.77. The summed E-state index contributed by atoms with van der Waals surface area (Å²) in [5.74, 6) is 2.15. The summed E-state index contributed by atoms with van der Waals surface area (Å²) in [7, 11) is 1.65. The monoisotopic (exact) mass is 270 g/mol. The lowest BCUT2D eigenvalue weighted by Crippen LogP contribution is -2.05. The third-order valence-electron chi connectivity index (χ3n) is 2.62. The third kappa shape index (κ3) is 3.71. The third-order valence-corrected chi connectivity index (χ3v) is 2.62. The van der Waals surface area contributed by atoms with E-state index in [1.807, 2.05) is 37.3 Å². The van der Waals surface area contributed by atoms with Gasteiger partial charge in [0.15, 0.2) is 0 Å². The maximum atomic E-state index is 5.13. The number of hydrogen-bond acceptors (Lipinski definition) is 5. The molecule has 2 aromatic rings. The van der Waals surface area contributed by atoms with E-state index in [1.54, 1.807) is 13.2 Å². The summed E-state index contributed by atoms with van der Waals surface area (Å²) in [6, 6.07) is 9.56. The Morgan fingerprint density at radius 2 is 2.00 bits per heavy atom. The van der Waals surface area contributed by atoms with Gasteiger partial charge in [0.05, 0.1) is 7.11 Å². The van der Waals surface area contributed by atoms with Gasteiger partial charge >= 0.3 is 0 Å². The highest BCUT2D eigenvalue weighted by Crippen LogP contribution is 2.19. The van der Waals surface area contributed by atoms with Gasteiger partial charge in [-0.15, -0.1) is 6.58 Å². The molecule has 20 heavy (non-hydrogen) atoms. The minimum Gasteiger partial charge on any atom is -0.497 e. The van der Waals surface area contributed by atoms with Gasteiger partial charge in [0.1, 0.15) is 11.6 Å². The van der Waals surface area contributed by atoms with Crippen LogP contribution in [0, 0.1) is 6.92 Å². The molecule has 0 fully saturated rings. The summed E-state index contributed by atoms with van der Waals surface area (Å²) in [5.41, 5.74) is 1.83. The van der Waals surface area contributed by atoms with Crippen LogP contribution in [0.15, 0.2) is 43.0 Å². The first-order chi connectivity index (χ1) is 9.71. The fourth-order valence-corrected chi connectivity index (χ4v) is 1.70. The Morgan fingerprint density at radius 3 is 2.65 bits per heavy atom. The lowest BCUT2D eigenvalue weighted by molar-refractivity contribution is 0.415. The van der Waals surface area contributed by atoms with Crippen LogP contribution in [0.25, 0.3) is 0 Å². The largest absolute Gasteiger partial charge is 0.497 e. The van der Waals surface area contributed by atoms with Crippen molar-refractivity contribution >= 4 is 17.5 Å². The smallest absolute Gasteiger partial charge is 0.225 e. The molecule has 104 valence electrons. The van der Waals surface area contributed by atoms with E-state index in [0.717, 1.165) is 22.9 Å². The van der Waals surface area contributed by atoms with Crippen molar-refractivity contribution in [2.75, 3.05) is 24.3 Å². The van der Waals surface area contributed by atoms with Crippen molar-refractivity contribution in [3.05, 3.63) is 48.7 Å². The lowest BCUT2D eigenvalue weighted by atomic mass is 10.3. The Bertz CT molecular complexity index is 581. The van der Waals surface area contributed by atoms with Crippen LogP contribution in [-0.2, 0) is 0 Å². The highest BCUT2D eigenvalue weighted by atomic mass is 16.5. The normalized spacial score (nSPS) is 9.90. The Kier molecular flexibility index (Phi) is 4.55. The molecular weight excluding hydrogens is 252 g/mol. The van der Waals surface area contributed by atoms with Gasteiger partial charge in [-0.1, -0.05) is 6.08 Å². The zero-order valence-electron chi connectivity index (χ0n) is 11.7. The van der Waals surface area contributed by atoms with Gasteiger partial charge in [0.2, 0.25) is 5.95 Å². The van der Waals surface area contributed by atoms with Crippen molar-refractivity contribution in [3.63, 3.8) is 0 Å². The zero-order chi connectivity index (χ0) is 14.4. The van der Waals surface area contributed by atoms with E-state index >= 15 is 0 Å². The lowest BCUT2D eigenvalue weighted by Gasteiger charge is -2.09. The molecule has 5 heteroatoms. The quantitative estimate of drug-likeness (QED) is 0.790. The van der Waals surface area contributed by atoms with Crippen molar-refractivity contribution in [1.29, 1.82) is 0 Å². The van der Waals surface area contributed by atoms with Gasteiger partial charge in [0, 0.05) is 24.0 Å². The molecule has 1 aromatic heterocycles. The molecule has 2 rings (SSSR count). The first-order valence-corrected chi connectivity index (χ1v) is 6.33. The maximum absolute atomic E-state index is 5.13. The molecule has 0 saturated heterocycles. The summed E-state index contributed by atoms with van der Waals surface area (Å²) >= 11 is 0. The van der Waals surface area contributed by atoms with Crippen LogP contribution < -0.4 is 15.4 Å². The summed E-state index contributed by atoms with van der Waals surface area (Å²) in [4.78, 5) is 8.71. The van der Waals surface area contributed by atoms with Crippen molar-refractivity contribution in [2.24, 2.45) is 0 Å². The average Bonchev–Trinajstić information content (AvgIpc) is 2.45. The van der Waals surface area contributed by atoms with E-state index in [0.29, 0.717) is 12.5 Å². The van der Waals surface area contributed by atoms with E-state index in [4.69, 9.17) is 4.74 Å². The molecule has 1 aromatic carbocycles. The number of nitrogens with one attached hydrogen (secondary N) is 2. The predicted octanol–water partition coefficient (Wildman–Crippen LogP) is 3.14. The summed E-state index contributed by atoms with van der Waals surface area (Å²) in [5, 5.41) is 6.32. The highest BCUT2D eigenvalue weighted by Gasteiger charge is 2.02. The molecule has 0 atom stereocenters. The standard InChI is InChI=1S/C15H18N4O/c1-4-9-16-15-17-11(2)10-14(19-15)18-12-5-7-13(20-3)8-6-12/h4-8,10H,1,9H2,2-3H3,(H2,16,17,18,19). The van der Waals surface area contributed by atoms with Gasteiger partial charge < -0.3 is 15.4 Å². The molecule has 0 bridgehead atoms. The fraction of sp³-hybridized carbons (Fsp3) is 0.200. The first-order valence-electron chi connectivity index (χ1n) is 6.33. The molecule has 0 radical (unpaired) electrons. The molecule has 0 unspecified atom stereocenters. The van der Waals surface area contributed by atoms with Crippen molar-refractivity contribution in [3.8, 4) is 5.75 Å². The van der Waals surface area contributed by atoms with E-state index in [2.05, 4.69) is 27.2 Å². The van der Waals surface area contributed by atoms with Crippen LogP contribution in [-0.4, -0.2) is 23.6 Å². The summed E-state index contributed by atoms with van der Waals surface area (Å²) < 4.78 is 5.13. The second-order valence-corrected chi connectivity index (χ2v) is 4.24. The number of ether oxygens (including phenoxy) is 1. The maximum Gasteiger partial charge on any atom is 0.225 e. The number of nitrogens with zero attached hydrogens (tertiary/aromatic N) is 2. The topological polar surface area (TPSA) is 59.1 Å². The first kappa shape index (κ1) is 13.9. The molecule has 0 aliphatic heterocycles. The predicted molar refractivity (Wildman–Crippen MR) is 81.7 cm³/mol. The second-order valence-electron chi connectivity index (χ2n) is 4.24. The number of benzene rings is 1. The SMILES string of the molecule is C=CCNc1nc(C)cc(Nc2ccc(OC)cc2)n1. The van der Waals surface area contributed by atoms with Crippen LogP contribution in [0.4, 0.5) is 17.5 Å². The molecule has 1 heterocycles. The minimum atomic E-state index is 0.584. The van der Waals surface area contributed by atoms with Crippen LogP contribution in [0.3, 0.4) is 0 Å². The van der Waals surface area contributed by atoms with Gasteiger partial charge in [0.25, 0.3) is 0 Å². The Balaban J connectivity index is 2.14. The Morgan fingerprint density at radius 1 is 1.25 bits per heavy atom. The van der Waals surface area contributed by atoms with Gasteiger partial charge in [-0.25, -0.2) is 4.98 Å². The van der Waals surface area contributed by atoms with Crippen molar-refractivity contribution in [2.45, 2.75) is 6.92 Å². The van der Waals surface area contributed by atoms with E-state index in [9.17, 15) is 0 Å². The Labute approximate surface area is 118 Å². The van der Waals surface area contributed by atoms with Crippen LogP contribution in [0.5, 0.6) is 5.75 Å². The van der Waals surface area contributed by atoms with Crippen molar-refractivity contribution < 1.29 is 4.74 Å². The highest BCUT2D eigenvalue weighted by molar-refractivity contribution is 5.58. The van der Waals surface area contributed by atoms with Gasteiger partial charge in [-0.2, -0.15) is 4.98 Å². The van der Waals surface area contributed by atoms with E-state index in [1.165, 1.54) is 0 Å². The molecule has 0 aliphatic carbocycles. The molecule has 2 N–H and O–H groups in total. The number of rotatable bonds is 6. The minimum absolute atomic E-state index is 0.584. The number of anilines is 3. The molecular formula is C15H18N4O. The molecule has 5 nitrogen and oxygen atoms in total. The zero-order valence-corrected chi connectivity index (χ0v) is 11.7. The fourth-order valence-electron chi connectivity index (χ4n) is 1.70. The van der Waals surface area contributed by atoms with E-state index < -0.39 is 0 Å². The van der Waals surface area contributed by atoms with Crippen LogP contribution in [0.1, 0.15) is 5.69 Å². The van der Waals surface area contributed by atoms with Crippen LogP contribution >= 0.6 is 0 Å².